The number of nitrogens with zero attached hydrogens (tertiary/aromatic N) is 4. The van der Waals surface area contributed by atoms with Gasteiger partial charge in [0.15, 0.2) is 0 Å². The summed E-state index contributed by atoms with van der Waals surface area (Å²) in [6.45, 7) is 2.01. The van der Waals surface area contributed by atoms with E-state index in [1.54, 1.807) is 15.3 Å². The molecule has 0 aliphatic heterocycles. The van der Waals surface area contributed by atoms with Crippen molar-refractivity contribution in [1.82, 2.24) is 19.3 Å². The van der Waals surface area contributed by atoms with Gasteiger partial charge in [0.1, 0.15) is 5.82 Å². The molecule has 0 spiro atoms. The number of rotatable bonds is 2. The molecule has 3 aromatic rings. The number of aryl methyl sites for hydroxylation is 2. The van der Waals surface area contributed by atoms with Gasteiger partial charge in [0.25, 0.3) is 0 Å². The molecule has 0 aliphatic rings. The van der Waals surface area contributed by atoms with E-state index in [0.29, 0.717) is 21.5 Å². The lowest BCUT2D eigenvalue weighted by Crippen LogP contribution is -2.02. The minimum Gasteiger partial charge on any atom is -0.369 e. The summed E-state index contributed by atoms with van der Waals surface area (Å²) in [5.74, 6) is -0.0270. The molecule has 0 radical (unpaired) electrons. The van der Waals surface area contributed by atoms with Gasteiger partial charge in [-0.05, 0) is 28.4 Å². The van der Waals surface area contributed by atoms with Gasteiger partial charge in [0.05, 0.1) is 26.9 Å². The van der Waals surface area contributed by atoms with E-state index in [0.717, 1.165) is 17.8 Å². The molecule has 104 valence electrons. The van der Waals surface area contributed by atoms with Crippen LogP contribution >= 0.6 is 15.9 Å². The third-order valence-corrected chi connectivity index (χ3v) is 3.79. The number of aromatic nitrogens is 4. The van der Waals surface area contributed by atoms with Crippen molar-refractivity contribution < 1.29 is 4.39 Å². The minimum atomic E-state index is -0.347. The van der Waals surface area contributed by atoms with Gasteiger partial charge in [-0.1, -0.05) is 6.92 Å². The number of nitrogens with two attached hydrogens (primary N) is 1. The smallest absolute Gasteiger partial charge is 0.206 e. The first kappa shape index (κ1) is 13.1. The summed E-state index contributed by atoms with van der Waals surface area (Å²) in [7, 11) is 1.84. The molecule has 2 N–H and O–H groups in total. The van der Waals surface area contributed by atoms with Crippen molar-refractivity contribution in [3.05, 3.63) is 34.3 Å². The second-order valence-electron chi connectivity index (χ2n) is 4.55. The fourth-order valence-electron chi connectivity index (χ4n) is 2.31. The highest BCUT2D eigenvalue weighted by molar-refractivity contribution is 9.10. The molecule has 0 bridgehead atoms. The van der Waals surface area contributed by atoms with Crippen molar-refractivity contribution in [1.29, 1.82) is 0 Å². The molecule has 5 nitrogen and oxygen atoms in total. The first-order valence-corrected chi connectivity index (χ1v) is 6.96. The standard InChI is InChI=1S/C13H13BrFN5/c1-3-9-12(6-19(2)18-9)20-11-5-8(15)7(14)4-10(11)17-13(20)16/h4-6H,3H2,1-2H3,(H2,16,17). The van der Waals surface area contributed by atoms with Crippen LogP contribution in [-0.4, -0.2) is 19.3 Å². The van der Waals surface area contributed by atoms with E-state index in [1.807, 2.05) is 20.2 Å². The monoisotopic (exact) mass is 337 g/mol. The molecule has 2 heterocycles. The molecular weight excluding hydrogens is 325 g/mol. The SMILES string of the molecule is CCc1nn(C)cc1-n1c(N)nc2cc(Br)c(F)cc21. The molecule has 2 aromatic heterocycles. The van der Waals surface area contributed by atoms with Crippen molar-refractivity contribution in [3.8, 4) is 5.69 Å². The van der Waals surface area contributed by atoms with E-state index < -0.39 is 0 Å². The zero-order valence-electron chi connectivity index (χ0n) is 11.1. The van der Waals surface area contributed by atoms with Crippen LogP contribution in [0.3, 0.4) is 0 Å². The zero-order chi connectivity index (χ0) is 14.4. The third-order valence-electron chi connectivity index (χ3n) is 3.18. The molecule has 0 fully saturated rings. The molecule has 1 aromatic carbocycles. The van der Waals surface area contributed by atoms with Crippen LogP contribution < -0.4 is 5.73 Å². The van der Waals surface area contributed by atoms with Crippen LogP contribution in [0.2, 0.25) is 0 Å². The Morgan fingerprint density at radius 3 is 2.85 bits per heavy atom. The maximum atomic E-state index is 13.8. The molecule has 7 heteroatoms. The van der Waals surface area contributed by atoms with Gasteiger partial charge in [0.2, 0.25) is 5.95 Å². The van der Waals surface area contributed by atoms with Gasteiger partial charge in [-0.3, -0.25) is 9.25 Å². The summed E-state index contributed by atoms with van der Waals surface area (Å²) in [4.78, 5) is 4.28. The van der Waals surface area contributed by atoms with Gasteiger partial charge in [-0.2, -0.15) is 5.10 Å². The first-order chi connectivity index (χ1) is 9.51. The predicted molar refractivity (Wildman–Crippen MR) is 79.3 cm³/mol. The Kier molecular flexibility index (Phi) is 3.01. The fraction of sp³-hybridized carbons (Fsp3) is 0.231. The van der Waals surface area contributed by atoms with Crippen LogP contribution in [-0.2, 0) is 13.5 Å². The lowest BCUT2D eigenvalue weighted by atomic mass is 10.2. The average Bonchev–Trinajstić information content (AvgIpc) is 2.89. The summed E-state index contributed by atoms with van der Waals surface area (Å²) < 4.78 is 17.6. The minimum absolute atomic E-state index is 0.320. The summed E-state index contributed by atoms with van der Waals surface area (Å²) in [5, 5.41) is 4.38. The van der Waals surface area contributed by atoms with E-state index in [4.69, 9.17) is 5.73 Å². The Morgan fingerprint density at radius 1 is 1.40 bits per heavy atom. The highest BCUT2D eigenvalue weighted by Crippen LogP contribution is 2.28. The van der Waals surface area contributed by atoms with Crippen molar-refractivity contribution in [2.75, 3.05) is 5.73 Å². The number of halogens is 2. The summed E-state index contributed by atoms with van der Waals surface area (Å²) in [5.41, 5.74) is 8.99. The summed E-state index contributed by atoms with van der Waals surface area (Å²) >= 11 is 3.16. The Morgan fingerprint density at radius 2 is 2.15 bits per heavy atom. The number of benzene rings is 1. The number of anilines is 1. The fourth-order valence-corrected chi connectivity index (χ4v) is 2.64. The maximum absolute atomic E-state index is 13.8. The van der Waals surface area contributed by atoms with E-state index in [9.17, 15) is 4.39 Å². The Bertz CT molecular complexity index is 805. The normalized spacial score (nSPS) is 11.4. The van der Waals surface area contributed by atoms with Crippen LogP contribution in [0.25, 0.3) is 16.7 Å². The number of nitrogen functional groups attached to an aromatic ring is 1. The molecule has 0 saturated carbocycles. The lowest BCUT2D eigenvalue weighted by Gasteiger charge is -2.05. The van der Waals surface area contributed by atoms with Crippen LogP contribution in [0.4, 0.5) is 10.3 Å². The molecule has 0 saturated heterocycles. The molecule has 0 aliphatic carbocycles. The largest absolute Gasteiger partial charge is 0.369 e. The highest BCUT2D eigenvalue weighted by Gasteiger charge is 2.17. The Labute approximate surface area is 123 Å². The Balaban J connectivity index is 2.35. The molecule has 0 unspecified atom stereocenters. The molecule has 3 rings (SSSR count). The second-order valence-corrected chi connectivity index (χ2v) is 5.40. The van der Waals surface area contributed by atoms with Crippen LogP contribution in [0.1, 0.15) is 12.6 Å². The zero-order valence-corrected chi connectivity index (χ0v) is 12.6. The molecule has 0 atom stereocenters. The summed E-state index contributed by atoms with van der Waals surface area (Å²) in [6.07, 6.45) is 2.62. The van der Waals surface area contributed by atoms with Gasteiger partial charge in [0, 0.05) is 19.3 Å². The Hall–Kier alpha value is -1.89. The lowest BCUT2D eigenvalue weighted by molar-refractivity contribution is 0.622. The third kappa shape index (κ3) is 1.89. The molecule has 0 amide bonds. The van der Waals surface area contributed by atoms with Crippen molar-refractivity contribution in [2.45, 2.75) is 13.3 Å². The van der Waals surface area contributed by atoms with Gasteiger partial charge in [-0.15, -0.1) is 0 Å². The molecule has 20 heavy (non-hydrogen) atoms. The first-order valence-electron chi connectivity index (χ1n) is 6.17. The van der Waals surface area contributed by atoms with Gasteiger partial charge < -0.3 is 5.73 Å². The number of fused-ring (bicyclic) bond motifs is 1. The number of hydrogen-bond donors (Lipinski definition) is 1. The quantitative estimate of drug-likeness (QED) is 0.782. The second kappa shape index (κ2) is 4.59. The predicted octanol–water partition coefficient (Wildman–Crippen LogP) is 2.81. The van der Waals surface area contributed by atoms with Crippen molar-refractivity contribution in [3.63, 3.8) is 0 Å². The van der Waals surface area contributed by atoms with Crippen molar-refractivity contribution >= 4 is 32.9 Å². The molecular formula is C13H13BrFN5. The summed E-state index contributed by atoms with van der Waals surface area (Å²) in [6, 6.07) is 3.05. The van der Waals surface area contributed by atoms with E-state index in [2.05, 4.69) is 26.0 Å². The van der Waals surface area contributed by atoms with Crippen LogP contribution in [0.15, 0.2) is 22.8 Å². The van der Waals surface area contributed by atoms with Crippen LogP contribution in [0, 0.1) is 5.82 Å². The van der Waals surface area contributed by atoms with E-state index in [1.165, 1.54) is 6.07 Å². The number of hydrogen-bond acceptors (Lipinski definition) is 3. The van der Waals surface area contributed by atoms with Gasteiger partial charge >= 0.3 is 0 Å². The highest BCUT2D eigenvalue weighted by atomic mass is 79.9. The topological polar surface area (TPSA) is 61.7 Å². The maximum Gasteiger partial charge on any atom is 0.206 e. The van der Waals surface area contributed by atoms with E-state index >= 15 is 0 Å². The van der Waals surface area contributed by atoms with Gasteiger partial charge in [-0.25, -0.2) is 9.37 Å². The van der Waals surface area contributed by atoms with E-state index in [-0.39, 0.29) is 5.82 Å². The number of imidazole rings is 1. The van der Waals surface area contributed by atoms with Crippen molar-refractivity contribution in [2.24, 2.45) is 7.05 Å². The average molecular weight is 338 g/mol. The van der Waals surface area contributed by atoms with Crippen LogP contribution in [0.5, 0.6) is 0 Å².